The molecule has 0 aliphatic heterocycles. The van der Waals surface area contributed by atoms with E-state index in [0.717, 1.165) is 0 Å². The summed E-state index contributed by atoms with van der Waals surface area (Å²) in [5.74, 6) is -11.7. The van der Waals surface area contributed by atoms with E-state index in [0.29, 0.717) is 0 Å². The van der Waals surface area contributed by atoms with Crippen LogP contribution in [0, 0.1) is 0 Å². The van der Waals surface area contributed by atoms with Gasteiger partial charge in [0, 0.05) is 22.6 Å². The van der Waals surface area contributed by atoms with Crippen LogP contribution in [0.15, 0.2) is 4.99 Å². The van der Waals surface area contributed by atoms with Crippen LogP contribution < -0.4 is 43.4 Å². The van der Waals surface area contributed by atoms with Gasteiger partial charge in [0.1, 0.15) is 30.7 Å². The van der Waals surface area contributed by atoms with Crippen molar-refractivity contribution >= 4 is 71.1 Å². The van der Waals surface area contributed by atoms with Crippen molar-refractivity contribution in [2.45, 2.75) is 114 Å². The van der Waals surface area contributed by atoms with Gasteiger partial charge in [-0.1, -0.05) is 20.8 Å². The molecule has 5 amide bonds. The van der Waals surface area contributed by atoms with E-state index in [1.165, 1.54) is 11.8 Å². The van der Waals surface area contributed by atoms with Gasteiger partial charge in [0.05, 0.1) is 25.3 Å². The number of amides is 5. The molecular formula is C31H53N9O13S. The van der Waals surface area contributed by atoms with Gasteiger partial charge >= 0.3 is 23.9 Å². The predicted molar refractivity (Wildman–Crippen MR) is 194 cm³/mol. The molecule has 0 heterocycles. The number of rotatable bonds is 24. The lowest BCUT2D eigenvalue weighted by Gasteiger charge is -2.29. The summed E-state index contributed by atoms with van der Waals surface area (Å²) in [4.78, 5) is 116. The molecule has 14 N–H and O–H groups in total. The number of aliphatic imine (C=N–C) groups is 1. The molecule has 0 saturated carbocycles. The average molecular weight is 792 g/mol. The number of hydrogen-bond acceptors (Lipinski definition) is 12. The number of nitrogens with one attached hydrogen (secondary N) is 6. The number of nitrogens with zero attached hydrogens (tertiary/aromatic N) is 1. The molecule has 0 saturated heterocycles. The second kappa shape index (κ2) is 22.8. The Bertz CT molecular complexity index is 1410. The van der Waals surface area contributed by atoms with Crippen molar-refractivity contribution in [1.82, 2.24) is 31.9 Å². The Morgan fingerprint density at radius 3 is 1.41 bits per heavy atom. The molecule has 0 spiro atoms. The largest absolute Gasteiger partial charge is 0.481 e. The zero-order chi connectivity index (χ0) is 42.0. The molecule has 0 aromatic heterocycles. The highest BCUT2D eigenvalue weighted by Crippen LogP contribution is 2.24. The Kier molecular flexibility index (Phi) is 20.6. The fraction of sp³-hybridized carbons (Fsp3) is 0.677. The average Bonchev–Trinajstić information content (AvgIpc) is 3.00. The molecule has 0 aromatic rings. The highest BCUT2D eigenvalue weighted by atomic mass is 32.2. The molecule has 0 aliphatic carbocycles. The maximum atomic E-state index is 13.5. The van der Waals surface area contributed by atoms with Gasteiger partial charge in [-0.15, -0.1) is 0 Å². The van der Waals surface area contributed by atoms with E-state index in [2.05, 4.69) is 36.9 Å². The fourth-order valence-electron chi connectivity index (χ4n) is 4.34. The van der Waals surface area contributed by atoms with E-state index in [1.54, 1.807) is 41.5 Å². The minimum Gasteiger partial charge on any atom is -0.481 e. The monoisotopic (exact) mass is 791 g/mol. The minimum atomic E-state index is -1.95. The second-order valence-corrected chi connectivity index (χ2v) is 15.8. The van der Waals surface area contributed by atoms with E-state index in [4.69, 9.17) is 16.6 Å². The van der Waals surface area contributed by atoms with Crippen LogP contribution in [0.3, 0.4) is 0 Å². The SMILES string of the molecule is CC(C)(C)N[C@@H](CC(=O)O)C(=O)N[C@@H](CCCN=C(N)N)C(=O)N[C@@H](CC(=O)O)C(=O)N[C@@H](CC(=O)O)C(=O)N[C@H](CSC(C)(C)C)C(=O)NCC(=O)O. The van der Waals surface area contributed by atoms with Crippen LogP contribution in [0.1, 0.15) is 73.6 Å². The van der Waals surface area contributed by atoms with Crippen molar-refractivity contribution < 1.29 is 63.6 Å². The van der Waals surface area contributed by atoms with E-state index in [1.807, 2.05) is 0 Å². The summed E-state index contributed by atoms with van der Waals surface area (Å²) < 4.78 is -0.435. The van der Waals surface area contributed by atoms with Gasteiger partial charge in [0.2, 0.25) is 29.5 Å². The number of thioether (sulfide) groups is 1. The summed E-state index contributed by atoms with van der Waals surface area (Å²) in [5.41, 5.74) is 9.92. The molecule has 0 unspecified atom stereocenters. The van der Waals surface area contributed by atoms with Gasteiger partial charge in [-0.2, -0.15) is 11.8 Å². The first-order valence-corrected chi connectivity index (χ1v) is 17.5. The lowest BCUT2D eigenvalue weighted by atomic mass is 10.0. The number of hydrogen-bond donors (Lipinski definition) is 12. The van der Waals surface area contributed by atoms with Gasteiger partial charge in [-0.05, 0) is 33.6 Å². The van der Waals surface area contributed by atoms with Gasteiger partial charge < -0.3 is 63.8 Å². The summed E-state index contributed by atoms with van der Waals surface area (Å²) in [7, 11) is 0. The summed E-state index contributed by atoms with van der Waals surface area (Å²) in [6.07, 6.45) is -2.94. The lowest BCUT2D eigenvalue weighted by molar-refractivity contribution is -0.143. The van der Waals surface area contributed by atoms with Crippen LogP contribution in [0.5, 0.6) is 0 Å². The molecule has 0 radical (unpaired) electrons. The number of carbonyl (C=O) groups excluding carboxylic acids is 5. The van der Waals surface area contributed by atoms with Gasteiger partial charge in [0.15, 0.2) is 5.96 Å². The molecule has 22 nitrogen and oxygen atoms in total. The third-order valence-corrected chi connectivity index (χ3v) is 8.00. The number of aliphatic carboxylic acids is 4. The van der Waals surface area contributed by atoms with E-state index in [-0.39, 0.29) is 31.1 Å². The predicted octanol–water partition coefficient (Wildman–Crippen LogP) is -3.11. The highest BCUT2D eigenvalue weighted by molar-refractivity contribution is 8.00. The highest BCUT2D eigenvalue weighted by Gasteiger charge is 2.35. The maximum Gasteiger partial charge on any atom is 0.322 e. The standard InChI is InChI=1S/C31H53N9O13S/c1-30(2,3)40-18(12-22(45)46)28(53)36-15(8-7-9-34-29(32)33)25(50)37-16(10-20(41)42)26(51)38-17(11-21(43)44)27(52)39-19(14-54-31(4,5)6)24(49)35-13-23(47)48/h15-19,40H,7-14H2,1-6H3,(H,35,49)(H,36,53)(H,37,50)(H,38,51)(H,39,52)(H,41,42)(H,43,44)(H,45,46)(H,47,48)(H4,32,33,34)/t15-,16-,17-,18-,19+/m0/s1. The van der Waals surface area contributed by atoms with Crippen molar-refractivity contribution in [2.75, 3.05) is 18.8 Å². The second-order valence-electron chi connectivity index (χ2n) is 14.0. The smallest absolute Gasteiger partial charge is 0.322 e. The fourth-order valence-corrected chi connectivity index (χ4v) is 5.24. The van der Waals surface area contributed by atoms with Crippen molar-refractivity contribution in [2.24, 2.45) is 16.5 Å². The number of carbonyl (C=O) groups is 9. The van der Waals surface area contributed by atoms with Crippen molar-refractivity contribution in [3.63, 3.8) is 0 Å². The molecular weight excluding hydrogens is 738 g/mol. The van der Waals surface area contributed by atoms with Crippen LogP contribution in [0.2, 0.25) is 0 Å². The van der Waals surface area contributed by atoms with Crippen LogP contribution in [-0.2, 0) is 43.2 Å². The normalized spacial score (nSPS) is 14.1. The Morgan fingerprint density at radius 1 is 0.593 bits per heavy atom. The molecule has 23 heteroatoms. The molecule has 0 rings (SSSR count). The molecule has 54 heavy (non-hydrogen) atoms. The van der Waals surface area contributed by atoms with Crippen molar-refractivity contribution in [3.8, 4) is 0 Å². The first-order valence-electron chi connectivity index (χ1n) is 16.5. The van der Waals surface area contributed by atoms with Crippen LogP contribution in [0.25, 0.3) is 0 Å². The molecule has 0 bridgehead atoms. The third-order valence-electron chi connectivity index (χ3n) is 6.63. The van der Waals surface area contributed by atoms with E-state index < -0.39 is 120 Å². The van der Waals surface area contributed by atoms with Gasteiger partial charge in [0.25, 0.3) is 0 Å². The Hall–Kier alpha value is -5.19. The minimum absolute atomic E-state index is 0.0185. The summed E-state index contributed by atoms with van der Waals surface area (Å²) in [6, 6.07) is -8.11. The number of nitrogens with two attached hydrogens (primary N) is 2. The van der Waals surface area contributed by atoms with E-state index >= 15 is 0 Å². The maximum absolute atomic E-state index is 13.5. The first-order chi connectivity index (χ1) is 24.7. The third kappa shape index (κ3) is 22.7. The number of carboxylic acids is 4. The topological polar surface area (TPSA) is 371 Å². The Balaban J connectivity index is 6.42. The molecule has 0 fully saturated rings. The van der Waals surface area contributed by atoms with Crippen molar-refractivity contribution in [3.05, 3.63) is 0 Å². The summed E-state index contributed by atoms with van der Waals surface area (Å²) in [6.45, 7) is 9.59. The molecule has 306 valence electrons. The Morgan fingerprint density at radius 2 is 1.00 bits per heavy atom. The lowest BCUT2D eigenvalue weighted by Crippen LogP contribution is -2.60. The van der Waals surface area contributed by atoms with Gasteiger partial charge in [-0.3, -0.25) is 48.1 Å². The number of carboxylic acid groups (broad SMARTS) is 4. The van der Waals surface area contributed by atoms with Gasteiger partial charge in [-0.25, -0.2) is 0 Å². The molecule has 0 aromatic carbocycles. The number of guanidine groups is 1. The van der Waals surface area contributed by atoms with Crippen LogP contribution in [-0.4, -0.2) is 139 Å². The first kappa shape index (κ1) is 48.8. The molecule has 0 aliphatic rings. The zero-order valence-corrected chi connectivity index (χ0v) is 31.8. The van der Waals surface area contributed by atoms with Crippen molar-refractivity contribution in [1.29, 1.82) is 0 Å². The van der Waals surface area contributed by atoms with E-state index in [9.17, 15) is 58.5 Å². The Labute approximate surface area is 315 Å². The molecule has 5 atom stereocenters. The van der Waals surface area contributed by atoms with Crippen LogP contribution >= 0.6 is 11.8 Å². The zero-order valence-electron chi connectivity index (χ0n) is 31.0. The summed E-state index contributed by atoms with van der Waals surface area (Å²) in [5, 5.41) is 51.2. The van der Waals surface area contributed by atoms with Crippen LogP contribution in [0.4, 0.5) is 0 Å². The summed E-state index contributed by atoms with van der Waals surface area (Å²) >= 11 is 1.20. The quantitative estimate of drug-likeness (QED) is 0.0261.